The largest absolute Gasteiger partial charge is 0.480 e. The number of anilines is 1. The van der Waals surface area contributed by atoms with Crippen molar-refractivity contribution in [1.29, 1.82) is 0 Å². The monoisotopic (exact) mass is 297 g/mol. The molecule has 17 heavy (non-hydrogen) atoms. The van der Waals surface area contributed by atoms with E-state index in [-0.39, 0.29) is 0 Å². The van der Waals surface area contributed by atoms with Gasteiger partial charge in [-0.05, 0) is 47.0 Å². The van der Waals surface area contributed by atoms with E-state index >= 15 is 0 Å². The van der Waals surface area contributed by atoms with Crippen molar-refractivity contribution in [3.63, 3.8) is 0 Å². The summed E-state index contributed by atoms with van der Waals surface area (Å²) in [5.41, 5.74) is 0. The van der Waals surface area contributed by atoms with Crippen LogP contribution < -0.4 is 10.1 Å². The molecule has 2 fully saturated rings. The van der Waals surface area contributed by atoms with Crippen LogP contribution in [0.25, 0.3) is 0 Å². The lowest BCUT2D eigenvalue weighted by atomic mass is 9.95. The molecule has 4 nitrogen and oxygen atoms in total. The van der Waals surface area contributed by atoms with Crippen LogP contribution in [0.15, 0.2) is 10.7 Å². The Morgan fingerprint density at radius 2 is 2.29 bits per heavy atom. The Balaban J connectivity index is 1.73. The molecule has 2 saturated carbocycles. The highest BCUT2D eigenvalue weighted by molar-refractivity contribution is 9.10. The van der Waals surface area contributed by atoms with Crippen LogP contribution in [-0.4, -0.2) is 23.1 Å². The number of aromatic nitrogens is 2. The number of methoxy groups -OCH3 is 1. The van der Waals surface area contributed by atoms with E-state index in [1.165, 1.54) is 25.7 Å². The van der Waals surface area contributed by atoms with E-state index in [1.807, 2.05) is 0 Å². The minimum absolute atomic E-state index is 0.555. The van der Waals surface area contributed by atoms with Gasteiger partial charge < -0.3 is 10.1 Å². The molecule has 2 aliphatic rings. The molecule has 5 heteroatoms. The van der Waals surface area contributed by atoms with Crippen LogP contribution in [-0.2, 0) is 0 Å². The first-order valence-corrected chi connectivity index (χ1v) is 6.88. The summed E-state index contributed by atoms with van der Waals surface area (Å²) in [6, 6.07) is 0.555. The number of rotatable bonds is 3. The molecule has 1 N–H and O–H groups in total. The summed E-state index contributed by atoms with van der Waals surface area (Å²) in [6.07, 6.45) is 7.16. The standard InChI is InChI=1S/C12H16BrN3O/c1-17-11-9(13)6-14-12(16-11)15-10-5-7-2-3-8(10)4-7/h6-8,10H,2-5H2,1H3,(H,14,15,16). The van der Waals surface area contributed by atoms with Gasteiger partial charge in [0.2, 0.25) is 11.8 Å². The molecule has 0 saturated heterocycles. The Hall–Kier alpha value is -0.840. The Bertz CT molecular complexity index is 426. The van der Waals surface area contributed by atoms with Crippen LogP contribution in [0.1, 0.15) is 25.7 Å². The minimum Gasteiger partial charge on any atom is -0.480 e. The van der Waals surface area contributed by atoms with Crippen molar-refractivity contribution >= 4 is 21.9 Å². The van der Waals surface area contributed by atoms with Gasteiger partial charge in [-0.1, -0.05) is 6.42 Å². The van der Waals surface area contributed by atoms with Crippen molar-refractivity contribution in [2.24, 2.45) is 11.8 Å². The minimum atomic E-state index is 0.555. The molecule has 2 aliphatic carbocycles. The Morgan fingerprint density at radius 3 is 2.94 bits per heavy atom. The zero-order valence-electron chi connectivity index (χ0n) is 9.82. The number of hydrogen-bond acceptors (Lipinski definition) is 4. The second kappa shape index (κ2) is 4.44. The third kappa shape index (κ3) is 2.12. The van der Waals surface area contributed by atoms with E-state index in [0.717, 1.165) is 16.3 Å². The highest BCUT2D eigenvalue weighted by Gasteiger charge is 2.39. The Labute approximate surface area is 109 Å². The predicted octanol–water partition coefficient (Wildman–Crippen LogP) is 2.85. The maximum Gasteiger partial charge on any atom is 0.232 e. The van der Waals surface area contributed by atoms with Crippen molar-refractivity contribution in [2.45, 2.75) is 31.7 Å². The average Bonchev–Trinajstić information content (AvgIpc) is 2.93. The van der Waals surface area contributed by atoms with E-state index in [4.69, 9.17) is 4.74 Å². The highest BCUT2D eigenvalue weighted by Crippen LogP contribution is 2.45. The van der Waals surface area contributed by atoms with Crippen LogP contribution in [0.2, 0.25) is 0 Å². The molecule has 1 heterocycles. The lowest BCUT2D eigenvalue weighted by Gasteiger charge is -2.22. The number of hydrogen-bond donors (Lipinski definition) is 1. The second-order valence-corrected chi connectivity index (χ2v) is 5.83. The summed E-state index contributed by atoms with van der Waals surface area (Å²) in [7, 11) is 1.62. The molecule has 0 aliphatic heterocycles. The molecule has 3 atom stereocenters. The molecule has 2 bridgehead atoms. The first kappa shape index (κ1) is 11.3. The average molecular weight is 298 g/mol. The van der Waals surface area contributed by atoms with Crippen LogP contribution in [0, 0.1) is 11.8 Å². The van der Waals surface area contributed by atoms with E-state index in [0.29, 0.717) is 17.9 Å². The third-order valence-corrected chi connectivity index (χ3v) is 4.50. The van der Waals surface area contributed by atoms with Gasteiger partial charge in [-0.15, -0.1) is 0 Å². The molecular formula is C12H16BrN3O. The molecule has 1 aromatic rings. The quantitative estimate of drug-likeness (QED) is 0.932. The van der Waals surface area contributed by atoms with Crippen molar-refractivity contribution in [2.75, 3.05) is 12.4 Å². The fourth-order valence-corrected chi connectivity index (χ4v) is 3.50. The summed E-state index contributed by atoms with van der Waals surface area (Å²) in [4.78, 5) is 8.63. The number of halogens is 1. The van der Waals surface area contributed by atoms with Gasteiger partial charge in [-0.25, -0.2) is 4.98 Å². The first-order chi connectivity index (χ1) is 8.26. The molecule has 0 amide bonds. The van der Waals surface area contributed by atoms with Gasteiger partial charge in [0.05, 0.1) is 17.8 Å². The van der Waals surface area contributed by atoms with Crippen molar-refractivity contribution in [1.82, 2.24) is 9.97 Å². The first-order valence-electron chi connectivity index (χ1n) is 6.09. The summed E-state index contributed by atoms with van der Waals surface area (Å²) >= 11 is 3.36. The molecule has 3 unspecified atom stereocenters. The molecule has 0 spiro atoms. The molecule has 3 rings (SSSR count). The smallest absolute Gasteiger partial charge is 0.232 e. The van der Waals surface area contributed by atoms with Gasteiger partial charge in [-0.2, -0.15) is 4.98 Å². The number of fused-ring (bicyclic) bond motifs is 2. The number of nitrogens with zero attached hydrogens (tertiary/aromatic N) is 2. The van der Waals surface area contributed by atoms with Crippen LogP contribution in [0.3, 0.4) is 0 Å². The zero-order valence-corrected chi connectivity index (χ0v) is 11.4. The summed E-state index contributed by atoms with van der Waals surface area (Å²) in [5, 5.41) is 3.45. The van der Waals surface area contributed by atoms with Gasteiger partial charge in [0.25, 0.3) is 0 Å². The zero-order chi connectivity index (χ0) is 11.8. The van der Waals surface area contributed by atoms with Crippen molar-refractivity contribution in [3.8, 4) is 5.88 Å². The fraction of sp³-hybridized carbons (Fsp3) is 0.667. The maximum atomic E-state index is 5.17. The molecule has 1 aromatic heterocycles. The summed E-state index contributed by atoms with van der Waals surface area (Å²) < 4.78 is 5.96. The SMILES string of the molecule is COc1nc(NC2CC3CCC2C3)ncc1Br. The lowest BCUT2D eigenvalue weighted by Crippen LogP contribution is -2.26. The number of nitrogens with one attached hydrogen (secondary N) is 1. The van der Waals surface area contributed by atoms with Gasteiger partial charge >= 0.3 is 0 Å². The van der Waals surface area contributed by atoms with Gasteiger partial charge in [0, 0.05) is 6.04 Å². The molecule has 0 radical (unpaired) electrons. The fourth-order valence-electron chi connectivity index (χ4n) is 3.15. The van der Waals surface area contributed by atoms with Gasteiger partial charge in [0.1, 0.15) is 0 Å². The topological polar surface area (TPSA) is 47.0 Å². The van der Waals surface area contributed by atoms with Crippen LogP contribution >= 0.6 is 15.9 Å². The molecular weight excluding hydrogens is 282 g/mol. The lowest BCUT2D eigenvalue weighted by molar-refractivity contribution is 0.393. The second-order valence-electron chi connectivity index (χ2n) is 4.98. The van der Waals surface area contributed by atoms with Crippen molar-refractivity contribution < 1.29 is 4.74 Å². The summed E-state index contributed by atoms with van der Waals surface area (Å²) in [5.74, 6) is 3.02. The van der Waals surface area contributed by atoms with Gasteiger partial charge in [0.15, 0.2) is 0 Å². The van der Waals surface area contributed by atoms with E-state index in [9.17, 15) is 0 Å². The summed E-state index contributed by atoms with van der Waals surface area (Å²) in [6.45, 7) is 0. The van der Waals surface area contributed by atoms with E-state index in [1.54, 1.807) is 13.3 Å². The Morgan fingerprint density at radius 1 is 1.41 bits per heavy atom. The highest BCUT2D eigenvalue weighted by atomic mass is 79.9. The van der Waals surface area contributed by atoms with Crippen molar-refractivity contribution in [3.05, 3.63) is 10.7 Å². The van der Waals surface area contributed by atoms with E-state index < -0.39 is 0 Å². The molecule has 0 aromatic carbocycles. The molecule has 92 valence electrons. The van der Waals surface area contributed by atoms with E-state index in [2.05, 4.69) is 31.2 Å². The van der Waals surface area contributed by atoms with Crippen LogP contribution in [0.5, 0.6) is 5.88 Å². The maximum absolute atomic E-state index is 5.17. The number of ether oxygens (including phenoxy) is 1. The third-order valence-electron chi connectivity index (χ3n) is 3.96. The van der Waals surface area contributed by atoms with Gasteiger partial charge in [-0.3, -0.25) is 0 Å². The van der Waals surface area contributed by atoms with Crippen LogP contribution in [0.4, 0.5) is 5.95 Å². The normalized spacial score (nSPS) is 30.6. The Kier molecular flexibility index (Phi) is 2.94. The predicted molar refractivity (Wildman–Crippen MR) is 69.1 cm³/mol.